The number of amides is 3. The van der Waals surface area contributed by atoms with Crippen LogP contribution in [0.5, 0.6) is 0 Å². The van der Waals surface area contributed by atoms with Gasteiger partial charge in [0.15, 0.2) is 0 Å². The highest BCUT2D eigenvalue weighted by Gasteiger charge is 2.73. The van der Waals surface area contributed by atoms with Gasteiger partial charge in [0.1, 0.15) is 35.9 Å². The molecule has 5 bridgehead atoms. The summed E-state index contributed by atoms with van der Waals surface area (Å²) >= 11 is 0. The topological polar surface area (TPSA) is 165 Å². The summed E-state index contributed by atoms with van der Waals surface area (Å²) in [6, 6.07) is 14.7. The van der Waals surface area contributed by atoms with Gasteiger partial charge in [0.05, 0.1) is 30.2 Å². The van der Waals surface area contributed by atoms with Crippen LogP contribution >= 0.6 is 0 Å². The third-order valence-electron chi connectivity index (χ3n) is 10.2. The maximum atomic E-state index is 14.9. The van der Waals surface area contributed by atoms with Gasteiger partial charge in [-0.25, -0.2) is 4.68 Å². The summed E-state index contributed by atoms with van der Waals surface area (Å²) in [4.78, 5) is 60.2. The molecular weight excluding hydrogens is 656 g/mol. The number of nitrogens with one attached hydrogen (secondary N) is 1. The minimum Gasteiger partial charge on any atom is -0.455 e. The monoisotopic (exact) mass is 698 g/mol. The Morgan fingerprint density at radius 3 is 2.63 bits per heavy atom. The molecule has 7 atom stereocenters. The Morgan fingerprint density at radius 1 is 1.02 bits per heavy atom. The zero-order valence-corrected chi connectivity index (χ0v) is 28.4. The Balaban J connectivity index is 1.30. The van der Waals surface area contributed by atoms with E-state index in [-0.39, 0.29) is 57.1 Å². The highest BCUT2D eigenvalue weighted by molar-refractivity contribution is 5.99. The van der Waals surface area contributed by atoms with Crippen molar-refractivity contribution in [2.75, 3.05) is 33.4 Å². The fraction of sp³-hybridized carbons (Fsp3) is 0.459. The third-order valence-corrected chi connectivity index (χ3v) is 10.2. The first-order valence-corrected chi connectivity index (χ1v) is 17.4. The second-order valence-corrected chi connectivity index (χ2v) is 13.4. The molecule has 7 rings (SSSR count). The summed E-state index contributed by atoms with van der Waals surface area (Å²) < 4.78 is 19.9. The molecule has 4 aliphatic rings. The molecule has 2 fully saturated rings. The van der Waals surface area contributed by atoms with Crippen LogP contribution in [0, 0.1) is 11.8 Å². The van der Waals surface area contributed by atoms with E-state index in [2.05, 4.69) is 15.6 Å². The zero-order chi connectivity index (χ0) is 35.5. The molecule has 3 aromatic rings. The van der Waals surface area contributed by atoms with Crippen molar-refractivity contribution >= 4 is 34.7 Å². The molecule has 14 nitrogen and oxygen atoms in total. The van der Waals surface area contributed by atoms with Crippen molar-refractivity contribution in [3.8, 4) is 0 Å². The molecule has 14 heteroatoms. The molecule has 0 aliphatic carbocycles. The number of ether oxygens (including phenoxy) is 3. The van der Waals surface area contributed by atoms with Crippen molar-refractivity contribution in [2.45, 2.75) is 62.2 Å². The second kappa shape index (κ2) is 14.7. The number of methoxy groups -OCH3 is 1. The van der Waals surface area contributed by atoms with Gasteiger partial charge in [-0.1, -0.05) is 72.0 Å². The van der Waals surface area contributed by atoms with Crippen LogP contribution in [0.1, 0.15) is 37.4 Å². The van der Waals surface area contributed by atoms with Crippen LogP contribution in [0.4, 0.5) is 0 Å². The predicted molar refractivity (Wildman–Crippen MR) is 182 cm³/mol. The minimum atomic E-state index is -1.43. The highest BCUT2D eigenvalue weighted by atomic mass is 16.6. The van der Waals surface area contributed by atoms with Gasteiger partial charge in [-0.05, 0) is 37.0 Å². The number of nitrogens with zero attached hydrogens (tertiary/aromatic N) is 5. The Bertz CT molecular complexity index is 1830. The van der Waals surface area contributed by atoms with E-state index in [1.54, 1.807) is 21.7 Å². The van der Waals surface area contributed by atoms with Gasteiger partial charge in [0.2, 0.25) is 11.8 Å². The lowest BCUT2D eigenvalue weighted by molar-refractivity contribution is -0.162. The van der Waals surface area contributed by atoms with E-state index in [9.17, 15) is 24.3 Å². The molecule has 268 valence electrons. The smallest absolute Gasteiger partial charge is 0.313 e. The molecule has 0 unspecified atom stereocenters. The number of aliphatic hydroxyl groups is 1. The zero-order valence-electron chi connectivity index (χ0n) is 28.4. The van der Waals surface area contributed by atoms with Crippen LogP contribution in [-0.2, 0) is 40.1 Å². The number of allylic oxidation sites excluding steroid dienone is 1. The lowest BCUT2D eigenvalue weighted by atomic mass is 9.74. The van der Waals surface area contributed by atoms with Crippen LogP contribution < -0.4 is 5.32 Å². The van der Waals surface area contributed by atoms with Crippen molar-refractivity contribution in [2.24, 2.45) is 11.8 Å². The summed E-state index contributed by atoms with van der Waals surface area (Å²) in [7, 11) is 1.51. The Kier molecular flexibility index (Phi) is 9.98. The van der Waals surface area contributed by atoms with Crippen molar-refractivity contribution in [3.63, 3.8) is 0 Å². The number of unbranched alkanes of at least 4 members (excludes halogenated alkanes) is 1. The van der Waals surface area contributed by atoms with Gasteiger partial charge in [0.25, 0.3) is 5.91 Å². The standard InChI is InChI=1S/C37H42N6O8/c1-49-22-26-32(24-12-4-2-5-13-24)50-36(48)30-28-17-18-37(51-28)31(30)34(46)42(20-10-11-21-44)33(37)35(47)41(19-9-3-6-16-29(45)38-26)23-43-27-15-8-7-14-25(27)39-40-43/h2-5,7-9,12-15,17-18,26,28,30-33,44H,6,10-11,16,19-23H2,1H3,(H,38,45)/b9-3-/t26-,28+,30-,31-,32-,33+,37-/m1/s1. The summed E-state index contributed by atoms with van der Waals surface area (Å²) in [5.41, 5.74) is 0.616. The molecule has 2 aromatic carbocycles. The second-order valence-electron chi connectivity index (χ2n) is 13.4. The van der Waals surface area contributed by atoms with E-state index in [4.69, 9.17) is 14.2 Å². The van der Waals surface area contributed by atoms with E-state index >= 15 is 0 Å². The Hall–Kier alpha value is -4.92. The molecule has 51 heavy (non-hydrogen) atoms. The molecule has 0 radical (unpaired) electrons. The number of aliphatic hydroxyl groups excluding tert-OH is 1. The minimum absolute atomic E-state index is 0.0240. The normalized spacial score (nSPS) is 30.2. The molecule has 4 aliphatic heterocycles. The number of likely N-dealkylation sites (tertiary alicyclic amines) is 1. The van der Waals surface area contributed by atoms with Crippen LogP contribution in [-0.4, -0.2) is 111 Å². The van der Waals surface area contributed by atoms with Crippen LogP contribution in [0.15, 0.2) is 78.9 Å². The number of cyclic esters (lactones) is 1. The Labute approximate surface area is 295 Å². The number of hydrogen-bond donors (Lipinski definition) is 2. The van der Waals surface area contributed by atoms with Gasteiger partial charge in [-0.3, -0.25) is 19.2 Å². The molecule has 5 heterocycles. The molecule has 2 saturated heterocycles. The first-order chi connectivity index (χ1) is 24.9. The van der Waals surface area contributed by atoms with Gasteiger partial charge < -0.3 is 34.4 Å². The molecular formula is C37H42N6O8. The lowest BCUT2D eigenvalue weighted by Crippen LogP contribution is -2.56. The van der Waals surface area contributed by atoms with E-state index in [0.717, 1.165) is 5.52 Å². The number of rotatable bonds is 9. The average Bonchev–Trinajstić information content (AvgIpc) is 3.89. The number of carbonyl (C=O) groups is 4. The van der Waals surface area contributed by atoms with E-state index in [0.29, 0.717) is 30.3 Å². The maximum absolute atomic E-state index is 14.9. The SMILES string of the molecule is COC[C@H]1NC(=O)CC/C=C\CN(Cn2nnc3ccccc32)C(=O)[C@@H]2N(CCCCO)C(=O)[C@H]3[C@H](C(=O)O[C@@H]1c1ccccc1)[C@@H]1C=C[C@]23O1. The molecule has 2 N–H and O–H groups in total. The van der Waals surface area contributed by atoms with Crippen LogP contribution in [0.2, 0.25) is 0 Å². The van der Waals surface area contributed by atoms with Gasteiger partial charge >= 0.3 is 5.97 Å². The summed E-state index contributed by atoms with van der Waals surface area (Å²) in [5.74, 6) is -3.79. The summed E-state index contributed by atoms with van der Waals surface area (Å²) in [6.45, 7) is 0.343. The molecule has 1 aromatic heterocycles. The quantitative estimate of drug-likeness (QED) is 0.192. The Morgan fingerprint density at radius 2 is 1.82 bits per heavy atom. The number of esters is 1. The summed E-state index contributed by atoms with van der Waals surface area (Å²) in [6.07, 6.45) is 6.82. The predicted octanol–water partition coefficient (Wildman–Crippen LogP) is 1.91. The van der Waals surface area contributed by atoms with Crippen molar-refractivity contribution < 1.29 is 38.5 Å². The highest BCUT2D eigenvalue weighted by Crippen LogP contribution is 2.56. The number of hydrogen-bond acceptors (Lipinski definition) is 10. The fourth-order valence-corrected chi connectivity index (χ4v) is 7.85. The first kappa shape index (κ1) is 34.5. The maximum Gasteiger partial charge on any atom is 0.313 e. The van der Waals surface area contributed by atoms with Crippen molar-refractivity contribution in [1.29, 1.82) is 0 Å². The molecule has 1 spiro atoms. The largest absolute Gasteiger partial charge is 0.455 e. The fourth-order valence-electron chi connectivity index (χ4n) is 7.85. The number of benzene rings is 2. The number of aromatic nitrogens is 3. The summed E-state index contributed by atoms with van der Waals surface area (Å²) in [5, 5.41) is 21.1. The average molecular weight is 699 g/mol. The van der Waals surface area contributed by atoms with E-state index in [1.807, 2.05) is 66.7 Å². The molecule has 0 saturated carbocycles. The third kappa shape index (κ3) is 6.43. The first-order valence-electron chi connectivity index (χ1n) is 17.4. The lowest BCUT2D eigenvalue weighted by Gasteiger charge is -2.35. The van der Waals surface area contributed by atoms with E-state index in [1.165, 1.54) is 12.0 Å². The van der Waals surface area contributed by atoms with Crippen LogP contribution in [0.3, 0.4) is 0 Å². The van der Waals surface area contributed by atoms with Crippen LogP contribution in [0.25, 0.3) is 11.0 Å². The molecule has 3 amide bonds. The van der Waals surface area contributed by atoms with Gasteiger partial charge in [-0.15, -0.1) is 5.10 Å². The van der Waals surface area contributed by atoms with Crippen molar-refractivity contribution in [3.05, 3.63) is 84.5 Å². The number of para-hydroxylation sites is 1. The van der Waals surface area contributed by atoms with Gasteiger partial charge in [0, 0.05) is 33.2 Å². The number of fused-ring (bicyclic) bond motifs is 3. The van der Waals surface area contributed by atoms with Crippen molar-refractivity contribution in [1.82, 2.24) is 30.1 Å². The van der Waals surface area contributed by atoms with E-state index < -0.39 is 47.7 Å². The van der Waals surface area contributed by atoms with Gasteiger partial charge in [-0.2, -0.15) is 0 Å². The number of carbonyl (C=O) groups excluding carboxylic acids is 4.